The van der Waals surface area contributed by atoms with Gasteiger partial charge in [0.05, 0.1) is 74.3 Å². The minimum absolute atomic E-state index is 0.168. The number of nitrogens with one attached hydrogen (secondary N) is 2. The van der Waals surface area contributed by atoms with Crippen molar-refractivity contribution in [3.05, 3.63) is 82.9 Å². The maximum atomic E-state index is 12.8. The Bertz CT molecular complexity index is 2060. The van der Waals surface area contributed by atoms with E-state index in [1.165, 1.54) is 12.8 Å². The van der Waals surface area contributed by atoms with Crippen LogP contribution >= 0.6 is 0 Å². The molecule has 1 amide bonds. The Labute approximate surface area is 352 Å². The molecule has 14 nitrogen and oxygen atoms in total. The van der Waals surface area contributed by atoms with Crippen LogP contribution in [0.1, 0.15) is 97.1 Å². The second-order valence-electron chi connectivity index (χ2n) is 14.4. The van der Waals surface area contributed by atoms with Crippen LogP contribution in [0.5, 0.6) is 51.7 Å². The number of carbonyl (C=O) groups excluding carboxylic acids is 1. The average Bonchev–Trinajstić information content (AvgIpc) is 3.79. The molecule has 2 heterocycles. The molecule has 4 aromatic rings. The molecule has 0 aromatic heterocycles. The zero-order chi connectivity index (χ0) is 42.4. The second kappa shape index (κ2) is 21.2. The zero-order valence-corrected chi connectivity index (χ0v) is 35.6. The predicted octanol–water partition coefficient (Wildman–Crippen LogP) is 9.05. The third-order valence-corrected chi connectivity index (χ3v) is 10.6. The third-order valence-electron chi connectivity index (χ3n) is 10.6. The number of rotatable bonds is 23. The lowest BCUT2D eigenvalue weighted by atomic mass is 9.99. The summed E-state index contributed by atoms with van der Waals surface area (Å²) in [5, 5.41) is 10.8. The summed E-state index contributed by atoms with van der Waals surface area (Å²) in [6.07, 6.45) is 8.46. The first-order chi connectivity index (χ1) is 29.3. The van der Waals surface area contributed by atoms with Crippen LogP contribution in [0.4, 0.5) is 5.69 Å². The van der Waals surface area contributed by atoms with E-state index in [9.17, 15) is 4.79 Å². The van der Waals surface area contributed by atoms with Crippen molar-refractivity contribution in [3.8, 4) is 51.7 Å². The highest BCUT2D eigenvalue weighted by atomic mass is 16.6. The molecule has 2 aliphatic heterocycles. The van der Waals surface area contributed by atoms with Gasteiger partial charge in [0.25, 0.3) is 5.91 Å². The van der Waals surface area contributed by atoms with Gasteiger partial charge in [0.1, 0.15) is 11.9 Å². The summed E-state index contributed by atoms with van der Waals surface area (Å²) in [6.45, 7) is 1.16. The van der Waals surface area contributed by atoms with Gasteiger partial charge in [-0.3, -0.25) is 4.79 Å². The van der Waals surface area contributed by atoms with Crippen LogP contribution in [0.15, 0.2) is 65.8 Å². The Hall–Kier alpha value is -6.18. The monoisotopic (exact) mass is 827 g/mol. The molecule has 14 heteroatoms. The largest absolute Gasteiger partial charge is 0.497 e. The summed E-state index contributed by atoms with van der Waals surface area (Å²) >= 11 is 0. The van der Waals surface area contributed by atoms with Crippen LogP contribution in [-0.4, -0.2) is 74.6 Å². The van der Waals surface area contributed by atoms with Crippen LogP contribution < -0.4 is 53.3 Å². The quantitative estimate of drug-likeness (QED) is 0.0688. The Morgan fingerprint density at radius 1 is 0.567 bits per heavy atom. The molecular weight excluding hydrogens is 771 g/mol. The van der Waals surface area contributed by atoms with Crippen molar-refractivity contribution >= 4 is 17.3 Å². The Balaban J connectivity index is 0.876. The number of amides is 1. The van der Waals surface area contributed by atoms with Crippen molar-refractivity contribution in [1.29, 1.82) is 0 Å². The summed E-state index contributed by atoms with van der Waals surface area (Å²) in [4.78, 5) is 18.7. The van der Waals surface area contributed by atoms with E-state index in [0.717, 1.165) is 66.6 Å². The summed E-state index contributed by atoms with van der Waals surface area (Å²) < 4.78 is 51.2. The fraction of sp³-hybridized carbons (Fsp3) is 0.435. The lowest BCUT2D eigenvalue weighted by Crippen LogP contribution is -2.38. The number of benzene rings is 4. The smallest absolute Gasteiger partial charge is 0.255 e. The van der Waals surface area contributed by atoms with Gasteiger partial charge < -0.3 is 58.1 Å². The molecule has 60 heavy (non-hydrogen) atoms. The maximum Gasteiger partial charge on any atom is 0.255 e. The van der Waals surface area contributed by atoms with Crippen LogP contribution in [0.3, 0.4) is 0 Å². The van der Waals surface area contributed by atoms with Gasteiger partial charge in [-0.1, -0.05) is 49.7 Å². The fourth-order valence-corrected chi connectivity index (χ4v) is 7.34. The second-order valence-corrected chi connectivity index (χ2v) is 14.4. The van der Waals surface area contributed by atoms with E-state index in [4.69, 9.17) is 47.5 Å². The summed E-state index contributed by atoms with van der Waals surface area (Å²) in [7, 11) is 11.2. The van der Waals surface area contributed by atoms with E-state index in [0.29, 0.717) is 76.9 Å². The molecular formula is C46H57N3O11. The number of carbonyl (C=O) groups is 1. The normalized spacial score (nSPS) is 15.4. The molecule has 0 spiro atoms. The molecule has 2 unspecified atom stereocenters. The number of fused-ring (bicyclic) bond motifs is 1. The van der Waals surface area contributed by atoms with Gasteiger partial charge >= 0.3 is 0 Å². The van der Waals surface area contributed by atoms with Crippen molar-refractivity contribution in [2.45, 2.75) is 70.1 Å². The van der Waals surface area contributed by atoms with E-state index in [2.05, 4.69) is 15.8 Å². The minimum Gasteiger partial charge on any atom is -0.497 e. The minimum atomic E-state index is -0.397. The highest BCUT2D eigenvalue weighted by Crippen LogP contribution is 2.44. The predicted molar refractivity (Wildman–Crippen MR) is 228 cm³/mol. The third kappa shape index (κ3) is 10.3. The van der Waals surface area contributed by atoms with E-state index in [1.807, 2.05) is 54.6 Å². The summed E-state index contributed by atoms with van der Waals surface area (Å²) in [5.41, 5.74) is 4.60. The first-order valence-corrected chi connectivity index (χ1v) is 20.3. The fourth-order valence-electron chi connectivity index (χ4n) is 7.34. The van der Waals surface area contributed by atoms with Gasteiger partial charge in [0.15, 0.2) is 40.6 Å². The SMILES string of the molecule is COc1ccc2c(c1)C(=O)NC(c1ccc(OCCCCCCCCCCOc3c(OC)cc(C4=NOC(c5cc(OC)c(OC)c(OC)c5)C4)cc3OC)c(OC)c1)N2. The topological polar surface area (TPSA) is 146 Å². The summed E-state index contributed by atoms with van der Waals surface area (Å²) in [6, 6.07) is 18.7. The molecule has 0 aliphatic carbocycles. The van der Waals surface area contributed by atoms with Crippen molar-refractivity contribution in [3.63, 3.8) is 0 Å². The molecule has 0 saturated heterocycles. The maximum absolute atomic E-state index is 12.8. The number of unbranched alkanes of at least 4 members (excludes halogenated alkanes) is 7. The lowest BCUT2D eigenvalue weighted by molar-refractivity contribution is 0.0853. The van der Waals surface area contributed by atoms with E-state index in [1.54, 1.807) is 55.8 Å². The lowest BCUT2D eigenvalue weighted by Gasteiger charge is -2.28. The number of oxime groups is 1. The van der Waals surface area contributed by atoms with Crippen LogP contribution in [0.25, 0.3) is 0 Å². The van der Waals surface area contributed by atoms with Crippen LogP contribution in [0, 0.1) is 0 Å². The van der Waals surface area contributed by atoms with Gasteiger partial charge in [-0.15, -0.1) is 0 Å². The standard InChI is InChI=1S/C46H57N3O11/c1-51-32-17-18-34-33(27-32)46(50)48-45(47-34)29-16-19-36(38(22-29)52-2)58-20-14-12-10-8-9-11-13-15-21-59-44-41(55-5)23-30(24-42(44)56-6)35-28-37(60-49-35)31-25-39(53-3)43(57-7)40(26-31)54-4/h16-19,22-27,37,45,47H,8-15,20-21,28H2,1-7H3,(H,48,50). The van der Waals surface area contributed by atoms with Gasteiger partial charge in [-0.25, -0.2) is 0 Å². The number of nitrogens with zero attached hydrogens (tertiary/aromatic N) is 1. The molecule has 322 valence electrons. The molecule has 0 bridgehead atoms. The average molecular weight is 828 g/mol. The molecule has 6 rings (SSSR count). The first-order valence-electron chi connectivity index (χ1n) is 20.3. The van der Waals surface area contributed by atoms with Crippen LogP contribution in [0.2, 0.25) is 0 Å². The van der Waals surface area contributed by atoms with E-state index in [-0.39, 0.29) is 12.0 Å². The zero-order valence-electron chi connectivity index (χ0n) is 35.6. The first kappa shape index (κ1) is 43.4. The Morgan fingerprint density at radius 2 is 1.15 bits per heavy atom. The van der Waals surface area contributed by atoms with E-state index < -0.39 is 6.17 Å². The number of ether oxygens (including phenoxy) is 9. The van der Waals surface area contributed by atoms with Gasteiger partial charge in [0, 0.05) is 23.2 Å². The molecule has 2 aliphatic rings. The highest BCUT2D eigenvalue weighted by molar-refractivity contribution is 6.03. The molecule has 2 atom stereocenters. The van der Waals surface area contributed by atoms with Gasteiger partial charge in [-0.2, -0.15) is 0 Å². The molecule has 0 radical (unpaired) electrons. The van der Waals surface area contributed by atoms with Crippen LogP contribution in [-0.2, 0) is 4.84 Å². The van der Waals surface area contributed by atoms with Crippen molar-refractivity contribution in [2.24, 2.45) is 5.16 Å². The van der Waals surface area contributed by atoms with E-state index >= 15 is 0 Å². The molecule has 2 N–H and O–H groups in total. The molecule has 0 fully saturated rings. The van der Waals surface area contributed by atoms with Crippen molar-refractivity contribution in [1.82, 2.24) is 5.32 Å². The highest BCUT2D eigenvalue weighted by Gasteiger charge is 2.29. The number of hydrogen-bond acceptors (Lipinski definition) is 13. The summed E-state index contributed by atoms with van der Waals surface area (Å²) in [5.74, 6) is 5.11. The molecule has 0 saturated carbocycles. The van der Waals surface area contributed by atoms with Crippen molar-refractivity contribution < 1.29 is 52.3 Å². The number of hydrogen-bond donors (Lipinski definition) is 2. The van der Waals surface area contributed by atoms with Gasteiger partial charge in [-0.05, 0) is 73.0 Å². The number of methoxy groups -OCH3 is 7. The Kier molecular flexibility index (Phi) is 15.3. The Morgan fingerprint density at radius 3 is 1.75 bits per heavy atom. The van der Waals surface area contributed by atoms with Gasteiger partial charge in [0.2, 0.25) is 11.5 Å². The number of anilines is 1. The van der Waals surface area contributed by atoms with Crippen molar-refractivity contribution in [2.75, 3.05) is 68.3 Å². The molecule has 4 aromatic carbocycles.